The van der Waals surface area contributed by atoms with E-state index in [1.807, 2.05) is 205 Å². The number of benzene rings is 9. The van der Waals surface area contributed by atoms with Crippen LogP contribution in [0.2, 0.25) is 0 Å². The summed E-state index contributed by atoms with van der Waals surface area (Å²) in [4.78, 5) is 45.6. The van der Waals surface area contributed by atoms with Gasteiger partial charge < -0.3 is 25.3 Å². The maximum atomic E-state index is 13.7. The summed E-state index contributed by atoms with van der Waals surface area (Å²) in [7, 11) is -5.84. The Hall–Kier alpha value is -10.9. The van der Waals surface area contributed by atoms with Gasteiger partial charge in [-0.25, -0.2) is 13.2 Å². The number of hydrogen-bond donors (Lipinski definition) is 5. The van der Waals surface area contributed by atoms with Crippen molar-refractivity contribution in [3.05, 3.63) is 324 Å². The minimum Gasteiger partial charge on any atom is -0.371 e. The number of nitrogens with zero attached hydrogens (tertiary/aromatic N) is 8. The zero-order valence-electron chi connectivity index (χ0n) is 60.8. The van der Waals surface area contributed by atoms with Crippen molar-refractivity contribution in [3.63, 3.8) is 0 Å². The minimum atomic E-state index is -5.84. The molecule has 13 aromatic rings. The minimum absolute atomic E-state index is 0.0475. The Morgan fingerprint density at radius 2 is 1.00 bits per heavy atom. The molecule has 0 unspecified atom stereocenters. The van der Waals surface area contributed by atoms with Crippen LogP contribution in [0.1, 0.15) is 51.8 Å². The first kappa shape index (κ1) is 84.0. The van der Waals surface area contributed by atoms with E-state index in [1.165, 1.54) is 36.4 Å². The fourth-order valence-corrected chi connectivity index (χ4v) is 17.7. The number of pyridine rings is 3. The molecule has 0 bridgehead atoms. The van der Waals surface area contributed by atoms with Crippen molar-refractivity contribution in [2.75, 3.05) is 51.2 Å². The number of amidine groups is 1. The topological polar surface area (TPSA) is 272 Å². The van der Waals surface area contributed by atoms with Crippen molar-refractivity contribution in [3.8, 4) is 0 Å². The molecule has 1 amide bonds. The molecule has 114 heavy (non-hydrogen) atoms. The molecule has 16 rings (SSSR count). The fraction of sp³-hybridized carbons (Fsp3) is 0.169. The molecular weight excluding hydrogens is 1570 g/mol. The van der Waals surface area contributed by atoms with Gasteiger partial charge in [0.05, 0.1) is 78.8 Å². The molecule has 0 saturated heterocycles. The van der Waals surface area contributed by atoms with Crippen molar-refractivity contribution in [1.82, 2.24) is 40.6 Å². The Kier molecular flexibility index (Phi) is 28.9. The summed E-state index contributed by atoms with van der Waals surface area (Å²) in [6.45, 7) is 2.63. The predicted octanol–water partition coefficient (Wildman–Crippen LogP) is 15.7. The van der Waals surface area contributed by atoms with Gasteiger partial charge in [-0.15, -0.1) is 22.0 Å². The van der Waals surface area contributed by atoms with Gasteiger partial charge >= 0.3 is 150 Å². The van der Waals surface area contributed by atoms with E-state index in [1.54, 1.807) is 54.6 Å². The van der Waals surface area contributed by atoms with Crippen LogP contribution in [-0.4, -0.2) is 117 Å². The third-order valence-electron chi connectivity index (χ3n) is 17.7. The van der Waals surface area contributed by atoms with Crippen LogP contribution in [-0.2, 0) is 53.4 Å². The Bertz CT molecular complexity index is 5520. The number of alkyl halides is 3. The van der Waals surface area contributed by atoms with Gasteiger partial charge in [-0.2, -0.15) is 21.6 Å². The van der Waals surface area contributed by atoms with Crippen molar-refractivity contribution in [2.24, 2.45) is 15.7 Å². The smallest absolute Gasteiger partial charge is 0.371 e. The van der Waals surface area contributed by atoms with E-state index in [0.29, 0.717) is 57.1 Å². The number of thioether (sulfide) groups is 1. The van der Waals surface area contributed by atoms with Crippen LogP contribution in [0.3, 0.4) is 0 Å². The number of ether oxygens (including phenoxy) is 3. The number of hydrazine groups is 1. The van der Waals surface area contributed by atoms with E-state index in [9.17, 15) is 35.9 Å². The average Bonchev–Trinajstić information content (AvgIpc) is 0.954. The van der Waals surface area contributed by atoms with Crippen molar-refractivity contribution in [1.29, 1.82) is 0 Å². The van der Waals surface area contributed by atoms with E-state index in [4.69, 9.17) is 55.4 Å². The van der Waals surface area contributed by atoms with Gasteiger partial charge in [-0.05, 0) is 119 Å². The third-order valence-corrected chi connectivity index (χ3v) is 26.2. The van der Waals surface area contributed by atoms with E-state index in [2.05, 4.69) is 51.3 Å². The quantitative estimate of drug-likeness (QED) is 0.0236. The first-order valence-electron chi connectivity index (χ1n) is 35.2. The van der Waals surface area contributed by atoms with Gasteiger partial charge in [0.1, 0.15) is 42.5 Å². The zero-order chi connectivity index (χ0) is 80.7. The molecule has 3 aliphatic rings. The molecule has 3 aliphatic heterocycles. The Labute approximate surface area is 666 Å². The standard InChI is InChI=1S/C21H19FN4O2.C20H16FN5O.C18H15Cl2P.C12H12N2O.C11H12FNOS.CHF3O3S/c22-16-6-1-5-15(10-16)19-12-28-13-20(24-19)25-26-21(27)11-14-4-2-8-18-17(14)7-3-9-23-18;21-14-5-1-4-13(10-14)18-11-27-12-19-24-25-20(26(18)19)23-17-8-2-7-16-15(17)6-3-9-22-16;19-21(20,16-10-4-1-5-11-16,17-12-6-2-7-13-17)18-14-8-3-9-15-18;13-8-10(15)7-9-3-1-5-12-11(9)4-2-6-14-12;1-15-11-7-14-6-10(13-11)8-3-2-4-9(12)5-8;2-1(3,4)8(5,6)7/h1-10,19H,11-13H2,(H,24,25)(H,26,27);1-10,18H,11-12H2,(H,23,25);1-15H;1-6H,7-8,13H2;2-5,10H,6-7H2,1H3;(H,5,6,7)/t19-;18-;;;10-;/m00..0./s1. The first-order valence-corrected chi connectivity index (χ1v) is 42.0. The fourth-order valence-electron chi connectivity index (χ4n) is 12.3. The molecule has 7 heterocycles. The summed E-state index contributed by atoms with van der Waals surface area (Å²) < 4.78 is 116. The van der Waals surface area contributed by atoms with E-state index >= 15 is 0 Å². The summed E-state index contributed by atoms with van der Waals surface area (Å²) >= 11 is 16.1. The molecule has 588 valence electrons. The zero-order valence-corrected chi connectivity index (χ0v) is 64.9. The number of Topliss-reactive ketones (excluding diaryl/α,β-unsaturated/α-hetero) is 1. The van der Waals surface area contributed by atoms with E-state index < -0.39 is 20.9 Å². The molecule has 0 spiro atoms. The number of halogens is 8. The number of amides is 1. The van der Waals surface area contributed by atoms with Crippen molar-refractivity contribution in [2.45, 2.75) is 43.1 Å². The second-order valence-corrected chi connectivity index (χ2v) is 35.7. The van der Waals surface area contributed by atoms with Crippen LogP contribution in [0.15, 0.2) is 283 Å². The normalized spacial score (nSPS) is 15.5. The first-order chi connectivity index (χ1) is 54.9. The van der Waals surface area contributed by atoms with Crippen LogP contribution >= 0.6 is 39.6 Å². The number of hydrogen-bond acceptors (Lipinski definition) is 18. The summed E-state index contributed by atoms with van der Waals surface area (Å²) in [5.41, 5.74) is 13.1. The molecule has 31 heteroatoms. The summed E-state index contributed by atoms with van der Waals surface area (Å²) in [6, 6.07) is 77.6. The van der Waals surface area contributed by atoms with Crippen molar-refractivity contribution < 1.29 is 63.1 Å². The second kappa shape index (κ2) is 39.2. The van der Waals surface area contributed by atoms with Crippen LogP contribution < -0.4 is 37.8 Å². The number of aromatic nitrogens is 6. The monoisotopic (exact) mass is 1650 g/mol. The van der Waals surface area contributed by atoms with Gasteiger partial charge in [0, 0.05) is 41.2 Å². The van der Waals surface area contributed by atoms with Gasteiger partial charge in [0.25, 0.3) is 0 Å². The molecule has 0 saturated carbocycles. The van der Waals surface area contributed by atoms with Crippen molar-refractivity contribution >= 4 is 132 Å². The summed E-state index contributed by atoms with van der Waals surface area (Å²) in [6.07, 6.45) is 7.80. The number of fused-ring (bicyclic) bond motifs is 4. The number of nitrogens with two attached hydrogens (primary N) is 1. The van der Waals surface area contributed by atoms with Crippen LogP contribution in [0.4, 0.5) is 38.0 Å². The third kappa shape index (κ3) is 21.9. The summed E-state index contributed by atoms with van der Waals surface area (Å²) in [5.74, 6) is 0.828. The molecular formula is C83H75Cl2F6N12O8PS2. The molecule has 0 fully saturated rings. The molecule has 0 radical (unpaired) electrons. The van der Waals surface area contributed by atoms with Crippen LogP contribution in [0, 0.1) is 17.5 Å². The van der Waals surface area contributed by atoms with Crippen LogP contribution in [0.25, 0.3) is 32.7 Å². The molecule has 3 atom stereocenters. The number of carbonyl (C=O) groups is 2. The average molecular weight is 1650 g/mol. The van der Waals surface area contributed by atoms with Gasteiger partial charge in [0.15, 0.2) is 11.6 Å². The number of rotatable bonds is 13. The molecule has 0 aliphatic carbocycles. The number of aliphatic imine (C=N–C) groups is 2. The number of carbonyl (C=O) groups excluding carboxylic acids is 2. The number of ketones is 1. The Morgan fingerprint density at radius 3 is 1.50 bits per heavy atom. The van der Waals surface area contributed by atoms with Gasteiger partial charge in [0.2, 0.25) is 11.9 Å². The maximum Gasteiger partial charge on any atom is 0.522 e. The summed E-state index contributed by atoms with van der Waals surface area (Å²) in [5, 5.41) is 15.3. The van der Waals surface area contributed by atoms with E-state index in [0.717, 1.165) is 87.2 Å². The Morgan fingerprint density at radius 1 is 0.553 bits per heavy atom. The largest absolute Gasteiger partial charge is 0.522 e. The van der Waals surface area contributed by atoms with Gasteiger partial charge in [-0.3, -0.25) is 54.5 Å². The Balaban J connectivity index is 0.000000140. The van der Waals surface area contributed by atoms with Gasteiger partial charge in [-0.1, -0.05) is 78.9 Å². The molecule has 4 aromatic heterocycles. The maximum absolute atomic E-state index is 13.7. The molecule has 20 nitrogen and oxygen atoms in total. The number of nitrogens with one attached hydrogen (secondary N) is 3. The molecule has 6 N–H and O–H groups in total. The predicted molar refractivity (Wildman–Crippen MR) is 438 cm³/mol. The second-order valence-electron chi connectivity index (χ2n) is 25.4. The van der Waals surface area contributed by atoms with Crippen LogP contribution in [0.5, 0.6) is 0 Å². The number of anilines is 2. The van der Waals surface area contributed by atoms with E-state index in [-0.39, 0.29) is 66.8 Å². The molecule has 9 aromatic carbocycles. The SMILES string of the molecule is CSC1=N[C@H](c2cccc(F)c2)COC1.ClP(Cl)(c1ccccc1)(c1ccccc1)c1ccccc1.Fc1cccc([C@@H]2COCc3nnc(Nc4cccc5ncccc45)n32)c1.NCC(=O)Cc1cccc2ncccc12.O=C(Cc1cccc2ncccc12)NNC1=N[C@H](c2cccc(F)c2)COC1.O=S(=O)(O)C(F)(F)F.